The van der Waals surface area contributed by atoms with Crippen LogP contribution in [0.15, 0.2) is 77.3 Å². The molecule has 0 unspecified atom stereocenters. The maximum atomic E-state index is 12.6. The molecule has 9 heteroatoms. The second kappa shape index (κ2) is 9.63. The number of ether oxygens (including phenoxy) is 1. The highest BCUT2D eigenvalue weighted by atomic mass is 32.1. The second-order valence-electron chi connectivity index (χ2n) is 8.14. The summed E-state index contributed by atoms with van der Waals surface area (Å²) in [5.41, 5.74) is 4.42. The number of hydrogen-bond donors (Lipinski definition) is 2. The van der Waals surface area contributed by atoms with Gasteiger partial charge < -0.3 is 14.4 Å². The monoisotopic (exact) mass is 499 g/mol. The van der Waals surface area contributed by atoms with Gasteiger partial charge >= 0.3 is 12.1 Å². The van der Waals surface area contributed by atoms with E-state index in [2.05, 4.69) is 15.5 Å². The molecular weight excluding hydrogens is 478 g/mol. The molecule has 0 radical (unpaired) electrons. The van der Waals surface area contributed by atoms with Crippen LogP contribution in [0.1, 0.15) is 34.6 Å². The lowest BCUT2D eigenvalue weighted by Gasteiger charge is -2.14. The molecule has 0 fully saturated rings. The first-order valence-corrected chi connectivity index (χ1v) is 11.9. The number of carboxylic acid groups (broad SMARTS) is 1. The van der Waals surface area contributed by atoms with Crippen LogP contribution >= 0.6 is 11.3 Å². The van der Waals surface area contributed by atoms with Gasteiger partial charge in [0.25, 0.3) is 0 Å². The number of anilines is 1. The second-order valence-corrected chi connectivity index (χ2v) is 9.17. The number of thiazole rings is 1. The normalized spacial score (nSPS) is 11.8. The van der Waals surface area contributed by atoms with Crippen LogP contribution in [-0.4, -0.2) is 27.3 Å². The zero-order chi connectivity index (χ0) is 25.2. The molecule has 2 N–H and O–H groups in total. The average molecular weight is 500 g/mol. The van der Waals surface area contributed by atoms with Gasteiger partial charge in [-0.1, -0.05) is 59.8 Å². The number of nitrogens with zero attached hydrogens (tertiary/aromatic N) is 2. The van der Waals surface area contributed by atoms with E-state index in [1.807, 2.05) is 54.6 Å². The van der Waals surface area contributed by atoms with E-state index in [0.29, 0.717) is 17.1 Å². The van der Waals surface area contributed by atoms with E-state index in [1.54, 1.807) is 32.0 Å². The van der Waals surface area contributed by atoms with Gasteiger partial charge in [0.1, 0.15) is 22.5 Å². The van der Waals surface area contributed by atoms with Crippen LogP contribution in [0.25, 0.3) is 32.1 Å². The Morgan fingerprint density at radius 3 is 2.47 bits per heavy atom. The summed E-state index contributed by atoms with van der Waals surface area (Å²) >= 11 is 1.42. The number of carbonyl (C=O) groups excluding carboxylic acids is 1. The van der Waals surface area contributed by atoms with E-state index < -0.39 is 18.2 Å². The van der Waals surface area contributed by atoms with Gasteiger partial charge in [0.05, 0.1) is 15.8 Å². The highest BCUT2D eigenvalue weighted by molar-refractivity contribution is 7.21. The minimum Gasteiger partial charge on any atom is -0.478 e. The molecule has 8 nitrogen and oxygen atoms in total. The molecule has 2 aromatic heterocycles. The molecule has 3 aromatic carbocycles. The molecule has 36 heavy (non-hydrogen) atoms. The number of carbonyl (C=O) groups is 2. The van der Waals surface area contributed by atoms with Gasteiger partial charge in [0.15, 0.2) is 5.76 Å². The van der Waals surface area contributed by atoms with Crippen LogP contribution in [0, 0.1) is 6.92 Å². The fourth-order valence-electron chi connectivity index (χ4n) is 3.74. The highest BCUT2D eigenvalue weighted by Gasteiger charge is 2.20. The molecule has 1 amide bonds. The number of fused-ring (bicyclic) bond motifs is 1. The van der Waals surface area contributed by atoms with Gasteiger partial charge in [-0.15, -0.1) is 11.3 Å². The summed E-state index contributed by atoms with van der Waals surface area (Å²) in [6, 6.07) is 21.8. The lowest BCUT2D eigenvalue weighted by atomic mass is 10.1. The quantitative estimate of drug-likeness (QED) is 0.260. The maximum absolute atomic E-state index is 12.6. The maximum Gasteiger partial charge on any atom is 0.412 e. The number of hydrogen-bond acceptors (Lipinski definition) is 7. The molecule has 0 saturated heterocycles. The summed E-state index contributed by atoms with van der Waals surface area (Å²) in [7, 11) is 0. The first-order chi connectivity index (χ1) is 17.4. The largest absolute Gasteiger partial charge is 0.478 e. The van der Waals surface area contributed by atoms with Gasteiger partial charge in [0.2, 0.25) is 0 Å². The number of aromatic carboxylic acids is 1. The molecule has 0 aliphatic rings. The molecule has 180 valence electrons. The SMILES string of the molecule is Cc1noc(-c2ccc(-c3nc4ccc(C(=O)O)cc4s3)cc2)c1NC(=O)O[C@H](C)c1ccccc1. The number of rotatable bonds is 6. The van der Waals surface area contributed by atoms with Crippen LogP contribution in [0.4, 0.5) is 10.5 Å². The zero-order valence-electron chi connectivity index (χ0n) is 19.4. The fraction of sp³-hybridized carbons (Fsp3) is 0.111. The summed E-state index contributed by atoms with van der Waals surface area (Å²) in [6.07, 6.45) is -1.03. The molecule has 5 rings (SSSR count). The van der Waals surface area contributed by atoms with Gasteiger partial charge in [-0.2, -0.15) is 0 Å². The van der Waals surface area contributed by atoms with Crippen molar-refractivity contribution in [2.45, 2.75) is 20.0 Å². The van der Waals surface area contributed by atoms with Crippen molar-refractivity contribution in [3.8, 4) is 21.9 Å². The Balaban J connectivity index is 1.35. The highest BCUT2D eigenvalue weighted by Crippen LogP contribution is 2.35. The molecule has 0 saturated carbocycles. The summed E-state index contributed by atoms with van der Waals surface area (Å²) in [4.78, 5) is 28.4. The molecule has 2 heterocycles. The fourth-order valence-corrected chi connectivity index (χ4v) is 4.75. The molecule has 0 bridgehead atoms. The van der Waals surface area contributed by atoms with Crippen molar-refractivity contribution in [1.29, 1.82) is 0 Å². The van der Waals surface area contributed by atoms with E-state index in [9.17, 15) is 14.7 Å². The van der Waals surface area contributed by atoms with E-state index >= 15 is 0 Å². The zero-order valence-corrected chi connectivity index (χ0v) is 20.2. The van der Waals surface area contributed by atoms with Crippen LogP contribution in [0.3, 0.4) is 0 Å². The van der Waals surface area contributed by atoms with Crippen molar-refractivity contribution >= 4 is 39.3 Å². The Morgan fingerprint density at radius 1 is 1.03 bits per heavy atom. The predicted octanol–water partition coefficient (Wildman–Crippen LogP) is 6.93. The first-order valence-electron chi connectivity index (χ1n) is 11.1. The summed E-state index contributed by atoms with van der Waals surface area (Å²) < 4.78 is 11.8. The van der Waals surface area contributed by atoms with Crippen LogP contribution in [0.5, 0.6) is 0 Å². The number of nitrogens with one attached hydrogen (secondary N) is 1. The summed E-state index contributed by atoms with van der Waals surface area (Å²) in [5.74, 6) is -0.555. The average Bonchev–Trinajstić information content (AvgIpc) is 3.47. The Bertz CT molecular complexity index is 1560. The van der Waals surface area contributed by atoms with Crippen molar-refractivity contribution in [3.05, 3.63) is 89.6 Å². The number of aromatic nitrogens is 2. The Morgan fingerprint density at radius 2 is 1.75 bits per heavy atom. The van der Waals surface area contributed by atoms with Crippen molar-refractivity contribution in [3.63, 3.8) is 0 Å². The lowest BCUT2D eigenvalue weighted by molar-refractivity contribution is 0.0697. The molecule has 0 aliphatic heterocycles. The smallest absolute Gasteiger partial charge is 0.412 e. The Kier molecular flexibility index (Phi) is 6.22. The van der Waals surface area contributed by atoms with Crippen molar-refractivity contribution < 1.29 is 24.0 Å². The topological polar surface area (TPSA) is 115 Å². The third-order valence-corrected chi connectivity index (χ3v) is 6.74. The van der Waals surface area contributed by atoms with E-state index in [-0.39, 0.29) is 5.56 Å². The number of aryl methyl sites for hydroxylation is 1. The van der Waals surface area contributed by atoms with Gasteiger partial charge in [-0.25, -0.2) is 14.6 Å². The third kappa shape index (κ3) is 4.69. The summed E-state index contributed by atoms with van der Waals surface area (Å²) in [5, 5.41) is 16.8. The summed E-state index contributed by atoms with van der Waals surface area (Å²) in [6.45, 7) is 3.55. The van der Waals surface area contributed by atoms with Gasteiger partial charge in [0, 0.05) is 11.1 Å². The Hall–Kier alpha value is -4.50. The standard InChI is InChI=1S/C27H21N3O5S/c1-15-23(29-27(33)34-16(2)17-6-4-3-5-7-17)24(35-30-15)18-8-10-19(11-9-18)25-28-21-13-12-20(26(31)32)14-22(21)36-25/h3-14,16H,1-2H3,(H,29,33)(H,31,32)/t16-/m1/s1. The Labute approximate surface area is 210 Å². The first kappa shape index (κ1) is 23.3. The van der Waals surface area contributed by atoms with E-state index in [0.717, 1.165) is 31.9 Å². The molecular formula is C27H21N3O5S. The van der Waals surface area contributed by atoms with Crippen LogP contribution in [-0.2, 0) is 4.74 Å². The third-order valence-electron chi connectivity index (χ3n) is 5.67. The lowest BCUT2D eigenvalue weighted by Crippen LogP contribution is -2.16. The molecule has 1 atom stereocenters. The minimum atomic E-state index is -0.971. The van der Waals surface area contributed by atoms with Gasteiger partial charge in [-0.05, 0) is 37.6 Å². The van der Waals surface area contributed by atoms with Crippen LogP contribution < -0.4 is 5.32 Å². The van der Waals surface area contributed by atoms with Crippen molar-refractivity contribution in [2.75, 3.05) is 5.32 Å². The number of carboxylic acids is 1. The number of benzene rings is 3. The van der Waals surface area contributed by atoms with Gasteiger partial charge in [-0.3, -0.25) is 5.32 Å². The molecule has 0 spiro atoms. The minimum absolute atomic E-state index is 0.227. The van der Waals surface area contributed by atoms with E-state index in [1.165, 1.54) is 11.3 Å². The van der Waals surface area contributed by atoms with Crippen LogP contribution in [0.2, 0.25) is 0 Å². The van der Waals surface area contributed by atoms with Crippen molar-refractivity contribution in [1.82, 2.24) is 10.1 Å². The van der Waals surface area contributed by atoms with Crippen molar-refractivity contribution in [2.24, 2.45) is 0 Å². The molecule has 5 aromatic rings. The predicted molar refractivity (Wildman–Crippen MR) is 137 cm³/mol. The molecule has 0 aliphatic carbocycles. The number of amides is 1. The van der Waals surface area contributed by atoms with E-state index in [4.69, 9.17) is 9.26 Å².